The zero-order valence-corrected chi connectivity index (χ0v) is 15.3. The topological polar surface area (TPSA) is 75.3 Å². The van der Waals surface area contributed by atoms with Crippen LogP contribution in [0.4, 0.5) is 0 Å². The average Bonchev–Trinajstić information content (AvgIpc) is 2.47. The molecule has 0 spiro atoms. The molecule has 0 fully saturated rings. The van der Waals surface area contributed by atoms with Gasteiger partial charge in [-0.3, -0.25) is 4.79 Å². The second-order valence-corrected chi connectivity index (χ2v) is 11.5. The van der Waals surface area contributed by atoms with Crippen molar-refractivity contribution >= 4 is 23.3 Å². The molecule has 0 saturated carbocycles. The van der Waals surface area contributed by atoms with Crippen LogP contribution in [0.1, 0.15) is 13.3 Å². The van der Waals surface area contributed by atoms with Crippen LogP contribution in [0.5, 0.6) is 0 Å². The number of nitrogens with one attached hydrogen (secondary N) is 1. The third-order valence-corrected chi connectivity index (χ3v) is 11.6. The lowest BCUT2D eigenvalue weighted by Gasteiger charge is -2.34. The second-order valence-electron chi connectivity index (χ2n) is 4.38. The molecular formula is C11H27NO6Si2. The van der Waals surface area contributed by atoms with Crippen LogP contribution in [0.2, 0.25) is 11.7 Å². The average molecular weight is 326 g/mol. The van der Waals surface area contributed by atoms with Crippen LogP contribution in [0.3, 0.4) is 0 Å². The molecule has 0 rings (SSSR count). The van der Waals surface area contributed by atoms with Gasteiger partial charge in [0, 0.05) is 49.0 Å². The molecule has 0 aliphatic rings. The number of hydrogen-bond acceptors (Lipinski definition) is 6. The molecule has 0 radical (unpaired) electrons. The summed E-state index contributed by atoms with van der Waals surface area (Å²) < 4.78 is 27.6. The maximum Gasteiger partial charge on any atom is 0.502 e. The van der Waals surface area contributed by atoms with Crippen molar-refractivity contribution in [3.8, 4) is 0 Å². The van der Waals surface area contributed by atoms with Gasteiger partial charge >= 0.3 is 17.4 Å². The van der Waals surface area contributed by atoms with Crippen LogP contribution in [0.25, 0.3) is 0 Å². The summed E-state index contributed by atoms with van der Waals surface area (Å²) in [7, 11) is 2.75. The number of carbonyl (C=O) groups is 1. The van der Waals surface area contributed by atoms with Crippen LogP contribution in [-0.2, 0) is 26.9 Å². The minimum Gasteiger partial charge on any atom is -0.398 e. The van der Waals surface area contributed by atoms with Crippen LogP contribution in [-0.4, -0.2) is 65.4 Å². The van der Waals surface area contributed by atoms with Crippen molar-refractivity contribution in [2.24, 2.45) is 0 Å². The summed E-state index contributed by atoms with van der Waals surface area (Å²) in [6.07, 6.45) is 0.773. The second kappa shape index (κ2) is 9.61. The molecule has 1 amide bonds. The highest BCUT2D eigenvalue weighted by Gasteiger charge is 2.51. The van der Waals surface area contributed by atoms with E-state index >= 15 is 0 Å². The molecule has 0 saturated heterocycles. The molecule has 20 heavy (non-hydrogen) atoms. The Bertz CT molecular complexity index is 276. The summed E-state index contributed by atoms with van der Waals surface area (Å²) in [6.45, 7) is 2.09. The van der Waals surface area contributed by atoms with Gasteiger partial charge in [0.2, 0.25) is 5.91 Å². The van der Waals surface area contributed by atoms with Crippen LogP contribution >= 0.6 is 0 Å². The lowest BCUT2D eigenvalue weighted by Crippen LogP contribution is -2.54. The summed E-state index contributed by atoms with van der Waals surface area (Å²) in [5.74, 6) is -0.0403. The Morgan fingerprint density at radius 2 is 1.45 bits per heavy atom. The molecule has 0 aromatic rings. The first kappa shape index (κ1) is 19.7. The van der Waals surface area contributed by atoms with Crippen molar-refractivity contribution in [2.45, 2.75) is 25.1 Å². The van der Waals surface area contributed by atoms with E-state index in [4.69, 9.17) is 22.1 Å². The minimum atomic E-state index is -2.75. The van der Waals surface area contributed by atoms with E-state index in [2.05, 4.69) is 5.32 Å². The van der Waals surface area contributed by atoms with Gasteiger partial charge in [-0.1, -0.05) is 0 Å². The summed E-state index contributed by atoms with van der Waals surface area (Å²) in [5.41, 5.74) is 0.510. The summed E-state index contributed by atoms with van der Waals surface area (Å²) in [5, 5.41) is 2.76. The first-order chi connectivity index (χ1) is 9.43. The highest BCUT2D eigenvalue weighted by molar-refractivity contribution is 6.83. The smallest absolute Gasteiger partial charge is 0.398 e. The van der Waals surface area contributed by atoms with Crippen LogP contribution in [0, 0.1) is 0 Å². The zero-order chi connectivity index (χ0) is 15.6. The summed E-state index contributed by atoms with van der Waals surface area (Å²) in [6, 6.07) is 0.727. The molecule has 0 bridgehead atoms. The maximum absolute atomic E-state index is 10.9. The molecule has 1 N–H and O–H groups in total. The summed E-state index contributed by atoms with van der Waals surface area (Å²) >= 11 is 0. The highest BCUT2D eigenvalue weighted by Crippen LogP contribution is 2.27. The molecule has 9 heteroatoms. The Balaban J connectivity index is 4.69. The third kappa shape index (κ3) is 6.00. The van der Waals surface area contributed by atoms with Gasteiger partial charge in [-0.15, -0.1) is 0 Å². The van der Waals surface area contributed by atoms with Crippen molar-refractivity contribution in [3.05, 3.63) is 0 Å². The fourth-order valence-corrected chi connectivity index (χ4v) is 9.96. The molecule has 7 nitrogen and oxygen atoms in total. The first-order valence-electron chi connectivity index (χ1n) is 6.43. The summed E-state index contributed by atoms with van der Waals surface area (Å²) in [4.78, 5) is 10.9. The highest BCUT2D eigenvalue weighted by atomic mass is 28.4. The standard InChI is InChI=1S/C11H27NO6Si2/c1-11(13)12-8-7-9-19(14-2,15-3)10-20(16-4,17-5)18-6/h7-10H2,1-6H3,(H,12,13). The molecular weight excluding hydrogens is 298 g/mol. The van der Waals surface area contributed by atoms with Gasteiger partial charge in [-0.2, -0.15) is 0 Å². The van der Waals surface area contributed by atoms with Gasteiger partial charge in [0.05, 0.1) is 5.67 Å². The van der Waals surface area contributed by atoms with E-state index in [1.165, 1.54) is 6.92 Å². The molecule has 0 heterocycles. The lowest BCUT2D eigenvalue weighted by molar-refractivity contribution is -0.118. The third-order valence-electron chi connectivity index (χ3n) is 3.27. The van der Waals surface area contributed by atoms with E-state index in [1.54, 1.807) is 35.5 Å². The molecule has 0 aromatic heterocycles. The van der Waals surface area contributed by atoms with E-state index in [0.717, 1.165) is 12.5 Å². The Kier molecular flexibility index (Phi) is 9.46. The minimum absolute atomic E-state index is 0.0403. The SMILES string of the molecule is CO[Si](CCCNC(C)=O)(C[Si](OC)(OC)OC)OC. The van der Waals surface area contributed by atoms with Gasteiger partial charge in [-0.05, 0) is 12.5 Å². The van der Waals surface area contributed by atoms with Crippen LogP contribution < -0.4 is 5.32 Å². The van der Waals surface area contributed by atoms with Crippen molar-refractivity contribution in [1.29, 1.82) is 0 Å². The van der Waals surface area contributed by atoms with Gasteiger partial charge in [0.15, 0.2) is 0 Å². The van der Waals surface area contributed by atoms with E-state index < -0.39 is 17.4 Å². The number of hydrogen-bond donors (Lipinski definition) is 1. The van der Waals surface area contributed by atoms with Crippen molar-refractivity contribution in [2.75, 3.05) is 42.1 Å². The lowest BCUT2D eigenvalue weighted by atomic mass is 10.5. The Morgan fingerprint density at radius 3 is 1.80 bits per heavy atom. The van der Waals surface area contributed by atoms with E-state index in [9.17, 15) is 4.79 Å². The van der Waals surface area contributed by atoms with Crippen LogP contribution in [0.15, 0.2) is 0 Å². The maximum atomic E-state index is 10.9. The molecule has 0 aliphatic heterocycles. The Hall–Kier alpha value is -0.296. The molecule has 0 atom stereocenters. The number of amides is 1. The Labute approximate surface area is 123 Å². The number of rotatable bonds is 11. The molecule has 120 valence electrons. The predicted molar refractivity (Wildman–Crippen MR) is 79.5 cm³/mol. The van der Waals surface area contributed by atoms with E-state index in [0.29, 0.717) is 12.2 Å². The Morgan fingerprint density at radius 1 is 0.950 bits per heavy atom. The van der Waals surface area contributed by atoms with Gasteiger partial charge in [0.1, 0.15) is 0 Å². The molecule has 0 aromatic carbocycles. The fraction of sp³-hybridized carbons (Fsp3) is 0.909. The monoisotopic (exact) mass is 325 g/mol. The van der Waals surface area contributed by atoms with Crippen molar-refractivity contribution < 1.29 is 26.9 Å². The largest absolute Gasteiger partial charge is 0.502 e. The van der Waals surface area contributed by atoms with Crippen molar-refractivity contribution in [3.63, 3.8) is 0 Å². The normalized spacial score (nSPS) is 12.5. The molecule has 0 aliphatic carbocycles. The molecule has 0 unspecified atom stereocenters. The first-order valence-corrected chi connectivity index (χ1v) is 10.6. The van der Waals surface area contributed by atoms with Gasteiger partial charge in [0.25, 0.3) is 0 Å². The quantitative estimate of drug-likeness (QED) is 0.444. The fourth-order valence-electron chi connectivity index (χ4n) is 1.94. The van der Waals surface area contributed by atoms with Gasteiger partial charge in [-0.25, -0.2) is 0 Å². The number of carbonyl (C=O) groups excluding carboxylic acids is 1. The van der Waals surface area contributed by atoms with E-state index in [-0.39, 0.29) is 5.91 Å². The zero-order valence-electron chi connectivity index (χ0n) is 13.3. The predicted octanol–water partition coefficient (Wildman–Crippen LogP) is 0.665. The van der Waals surface area contributed by atoms with Gasteiger partial charge < -0.3 is 27.4 Å². The van der Waals surface area contributed by atoms with E-state index in [1.807, 2.05) is 0 Å². The van der Waals surface area contributed by atoms with Crippen molar-refractivity contribution in [1.82, 2.24) is 5.32 Å².